The van der Waals surface area contributed by atoms with Crippen LogP contribution in [0, 0.1) is 6.92 Å². The van der Waals surface area contributed by atoms with E-state index in [0.29, 0.717) is 16.6 Å². The Morgan fingerprint density at radius 3 is 2.59 bits per heavy atom. The Bertz CT molecular complexity index is 967. The van der Waals surface area contributed by atoms with Crippen LogP contribution in [0.25, 0.3) is 11.0 Å². The molecule has 0 radical (unpaired) electrons. The third-order valence-electron chi connectivity index (χ3n) is 5.07. The standard InChI is InChI=1S/C22H25ClN2O2/c1-15-9-21-19(12-20(15)23)17(11-22(26)27-21)13-24-14-18(25(2)3)10-16-7-5-4-6-8-16/h4-9,11-12,18,24H,10,13-14H2,1-3H3/p+2/t18-/m0/s1. The van der Waals surface area contributed by atoms with Crippen LogP contribution in [0.15, 0.2) is 57.7 Å². The van der Waals surface area contributed by atoms with Gasteiger partial charge in [0.25, 0.3) is 0 Å². The molecule has 0 aliphatic rings. The van der Waals surface area contributed by atoms with E-state index in [1.807, 2.05) is 25.1 Å². The van der Waals surface area contributed by atoms with Crippen molar-refractivity contribution in [3.63, 3.8) is 0 Å². The number of benzene rings is 2. The second-order valence-electron chi connectivity index (χ2n) is 7.38. The fourth-order valence-electron chi connectivity index (χ4n) is 3.38. The number of quaternary nitrogens is 2. The molecular weight excluding hydrogens is 360 g/mol. The van der Waals surface area contributed by atoms with E-state index in [-0.39, 0.29) is 5.63 Å². The summed E-state index contributed by atoms with van der Waals surface area (Å²) in [5, 5.41) is 3.87. The Morgan fingerprint density at radius 1 is 1.15 bits per heavy atom. The first-order valence-corrected chi connectivity index (χ1v) is 9.70. The van der Waals surface area contributed by atoms with Crippen molar-refractivity contribution < 1.29 is 14.6 Å². The van der Waals surface area contributed by atoms with Crippen molar-refractivity contribution in [2.75, 3.05) is 20.6 Å². The molecule has 1 aromatic heterocycles. The molecule has 0 fully saturated rings. The van der Waals surface area contributed by atoms with Crippen LogP contribution in [-0.4, -0.2) is 26.7 Å². The van der Waals surface area contributed by atoms with Crippen LogP contribution in [0.3, 0.4) is 0 Å². The lowest BCUT2D eigenvalue weighted by molar-refractivity contribution is -0.903. The van der Waals surface area contributed by atoms with Crippen LogP contribution >= 0.6 is 11.6 Å². The SMILES string of the molecule is Cc1cc2oc(=O)cc(C[NH2+]C[C@H](Cc3ccccc3)[NH+](C)C)c2cc1Cl. The number of halogens is 1. The minimum Gasteiger partial charge on any atom is -0.423 e. The molecular formula is C22H27ClN2O2+2. The van der Waals surface area contributed by atoms with Crippen molar-refractivity contribution in [3.8, 4) is 0 Å². The number of nitrogens with two attached hydrogens (primary N) is 1. The van der Waals surface area contributed by atoms with Gasteiger partial charge in [-0.15, -0.1) is 0 Å². The molecule has 0 amide bonds. The van der Waals surface area contributed by atoms with Crippen molar-refractivity contribution >= 4 is 22.6 Å². The first-order valence-electron chi connectivity index (χ1n) is 9.32. The molecule has 1 atom stereocenters. The Balaban J connectivity index is 1.73. The van der Waals surface area contributed by atoms with Crippen molar-refractivity contribution in [1.82, 2.24) is 0 Å². The molecule has 0 spiro atoms. The molecule has 0 aliphatic heterocycles. The monoisotopic (exact) mass is 386 g/mol. The summed E-state index contributed by atoms with van der Waals surface area (Å²) in [6, 6.07) is 16.4. The molecule has 3 aromatic rings. The molecule has 0 unspecified atom stereocenters. The smallest absolute Gasteiger partial charge is 0.336 e. The topological polar surface area (TPSA) is 51.3 Å². The molecule has 5 heteroatoms. The van der Waals surface area contributed by atoms with Gasteiger partial charge in [0.1, 0.15) is 24.7 Å². The van der Waals surface area contributed by atoms with E-state index in [4.69, 9.17) is 16.0 Å². The van der Waals surface area contributed by atoms with Gasteiger partial charge in [-0.2, -0.15) is 0 Å². The summed E-state index contributed by atoms with van der Waals surface area (Å²) in [5.41, 5.74) is 3.52. The molecule has 0 saturated carbocycles. The maximum absolute atomic E-state index is 11.9. The Hall–Kier alpha value is -2.14. The highest BCUT2D eigenvalue weighted by atomic mass is 35.5. The molecule has 2 aromatic carbocycles. The summed E-state index contributed by atoms with van der Waals surface area (Å²) in [7, 11) is 4.38. The number of likely N-dealkylation sites (N-methyl/N-ethyl adjacent to an activating group) is 1. The third kappa shape index (κ3) is 4.98. The average Bonchev–Trinajstić information content (AvgIpc) is 2.63. The van der Waals surface area contributed by atoms with Crippen molar-refractivity contribution in [3.05, 3.63) is 80.7 Å². The number of fused-ring (bicyclic) bond motifs is 1. The van der Waals surface area contributed by atoms with Gasteiger partial charge in [-0.3, -0.25) is 0 Å². The molecule has 0 saturated heterocycles. The van der Waals surface area contributed by atoms with Crippen LogP contribution < -0.4 is 15.8 Å². The number of aryl methyl sites for hydroxylation is 1. The zero-order chi connectivity index (χ0) is 19.4. The first kappa shape index (κ1) is 19.6. The van der Waals surface area contributed by atoms with E-state index >= 15 is 0 Å². The van der Waals surface area contributed by atoms with Gasteiger partial charge in [0.15, 0.2) is 0 Å². The molecule has 142 valence electrons. The molecule has 1 heterocycles. The Labute approximate surface area is 164 Å². The number of hydrogen-bond acceptors (Lipinski definition) is 2. The van der Waals surface area contributed by atoms with Crippen molar-refractivity contribution in [2.45, 2.75) is 25.9 Å². The third-order valence-corrected chi connectivity index (χ3v) is 5.47. The summed E-state index contributed by atoms with van der Waals surface area (Å²) in [4.78, 5) is 13.4. The second-order valence-corrected chi connectivity index (χ2v) is 7.79. The second kappa shape index (κ2) is 8.70. The normalized spacial score (nSPS) is 12.6. The van der Waals surface area contributed by atoms with Gasteiger partial charge in [-0.05, 0) is 30.2 Å². The summed E-state index contributed by atoms with van der Waals surface area (Å²) in [6.07, 6.45) is 1.03. The van der Waals surface area contributed by atoms with Gasteiger partial charge in [0.2, 0.25) is 0 Å². The summed E-state index contributed by atoms with van der Waals surface area (Å²) < 4.78 is 5.35. The molecule has 3 N–H and O–H groups in total. The highest BCUT2D eigenvalue weighted by Gasteiger charge is 2.18. The maximum atomic E-state index is 11.9. The Kier molecular flexibility index (Phi) is 6.32. The fraction of sp³-hybridized carbons (Fsp3) is 0.318. The van der Waals surface area contributed by atoms with E-state index in [1.165, 1.54) is 10.5 Å². The number of hydrogen-bond donors (Lipinski definition) is 2. The minimum atomic E-state index is -0.313. The van der Waals surface area contributed by atoms with Crippen LogP contribution in [-0.2, 0) is 13.0 Å². The number of rotatable bonds is 7. The average molecular weight is 387 g/mol. The van der Waals surface area contributed by atoms with Crippen molar-refractivity contribution in [1.29, 1.82) is 0 Å². The predicted molar refractivity (Wildman–Crippen MR) is 109 cm³/mol. The van der Waals surface area contributed by atoms with Crippen LogP contribution in [0.2, 0.25) is 5.02 Å². The van der Waals surface area contributed by atoms with E-state index in [2.05, 4.69) is 43.7 Å². The molecule has 4 nitrogen and oxygen atoms in total. The summed E-state index contributed by atoms with van der Waals surface area (Å²) in [6.45, 7) is 3.60. The fourth-order valence-corrected chi connectivity index (χ4v) is 3.54. The minimum absolute atomic E-state index is 0.313. The number of nitrogens with one attached hydrogen (secondary N) is 1. The highest BCUT2D eigenvalue weighted by Crippen LogP contribution is 2.24. The van der Waals surface area contributed by atoms with E-state index in [9.17, 15) is 4.79 Å². The molecule has 3 rings (SSSR count). The van der Waals surface area contributed by atoms with Gasteiger partial charge in [-0.1, -0.05) is 41.9 Å². The lowest BCUT2D eigenvalue weighted by Gasteiger charge is -2.20. The van der Waals surface area contributed by atoms with Gasteiger partial charge >= 0.3 is 5.63 Å². The van der Waals surface area contributed by atoms with Gasteiger partial charge < -0.3 is 14.6 Å². The van der Waals surface area contributed by atoms with Gasteiger partial charge in [-0.25, -0.2) is 4.79 Å². The first-order chi connectivity index (χ1) is 12.9. The zero-order valence-corrected chi connectivity index (χ0v) is 16.8. The predicted octanol–water partition coefficient (Wildman–Crippen LogP) is 1.57. The quantitative estimate of drug-likeness (QED) is 0.606. The van der Waals surface area contributed by atoms with Gasteiger partial charge in [0.05, 0.1) is 14.1 Å². The Morgan fingerprint density at radius 2 is 1.89 bits per heavy atom. The lowest BCUT2D eigenvalue weighted by atomic mass is 10.0. The molecule has 27 heavy (non-hydrogen) atoms. The maximum Gasteiger partial charge on any atom is 0.336 e. The lowest BCUT2D eigenvalue weighted by Crippen LogP contribution is -3.14. The van der Waals surface area contributed by atoms with Crippen LogP contribution in [0.5, 0.6) is 0 Å². The summed E-state index contributed by atoms with van der Waals surface area (Å²) in [5.74, 6) is 0. The van der Waals surface area contributed by atoms with Crippen LogP contribution in [0.4, 0.5) is 0 Å². The van der Waals surface area contributed by atoms with E-state index in [0.717, 1.165) is 36.0 Å². The van der Waals surface area contributed by atoms with E-state index in [1.54, 1.807) is 6.07 Å². The molecule has 0 bridgehead atoms. The molecule has 0 aliphatic carbocycles. The summed E-state index contributed by atoms with van der Waals surface area (Å²) >= 11 is 6.28. The zero-order valence-electron chi connectivity index (χ0n) is 16.1. The highest BCUT2D eigenvalue weighted by molar-refractivity contribution is 6.32. The largest absolute Gasteiger partial charge is 0.423 e. The van der Waals surface area contributed by atoms with E-state index < -0.39 is 0 Å². The van der Waals surface area contributed by atoms with Gasteiger partial charge in [0, 0.05) is 28.5 Å². The van der Waals surface area contributed by atoms with Crippen molar-refractivity contribution in [2.24, 2.45) is 0 Å². The van der Waals surface area contributed by atoms with Crippen LogP contribution in [0.1, 0.15) is 16.7 Å².